The third-order valence-electron chi connectivity index (χ3n) is 4.58. The summed E-state index contributed by atoms with van der Waals surface area (Å²) in [7, 11) is 3.74. The SMILES string of the molecule is COCc1nc(C)cc(N2CCC(N(C)c3cccc(C#N)c3)C2)n1. The van der Waals surface area contributed by atoms with Crippen LogP contribution in [0.4, 0.5) is 11.5 Å². The van der Waals surface area contributed by atoms with E-state index in [1.807, 2.05) is 31.2 Å². The molecule has 130 valence electrons. The molecule has 1 aliphatic rings. The summed E-state index contributed by atoms with van der Waals surface area (Å²) in [6.07, 6.45) is 1.05. The molecule has 6 heteroatoms. The molecule has 0 bridgehead atoms. The summed E-state index contributed by atoms with van der Waals surface area (Å²) in [4.78, 5) is 13.6. The number of nitriles is 1. The lowest BCUT2D eigenvalue weighted by atomic mass is 10.1. The van der Waals surface area contributed by atoms with Gasteiger partial charge in [0.1, 0.15) is 12.4 Å². The van der Waals surface area contributed by atoms with Crippen LogP contribution in [-0.2, 0) is 11.3 Å². The van der Waals surface area contributed by atoms with Crippen molar-refractivity contribution >= 4 is 11.5 Å². The molecule has 3 rings (SSSR count). The summed E-state index contributed by atoms with van der Waals surface area (Å²) >= 11 is 0. The first-order chi connectivity index (χ1) is 12.1. The molecule has 0 amide bonds. The Balaban J connectivity index is 1.74. The van der Waals surface area contributed by atoms with Gasteiger partial charge in [-0.1, -0.05) is 6.07 Å². The second-order valence-electron chi connectivity index (χ2n) is 6.38. The number of rotatable bonds is 5. The van der Waals surface area contributed by atoms with Crippen LogP contribution in [0.5, 0.6) is 0 Å². The molecule has 0 spiro atoms. The Morgan fingerprint density at radius 1 is 1.36 bits per heavy atom. The highest BCUT2D eigenvalue weighted by Gasteiger charge is 2.27. The largest absolute Gasteiger partial charge is 0.377 e. The maximum Gasteiger partial charge on any atom is 0.156 e. The van der Waals surface area contributed by atoms with E-state index in [1.54, 1.807) is 7.11 Å². The molecule has 0 N–H and O–H groups in total. The van der Waals surface area contributed by atoms with E-state index >= 15 is 0 Å². The van der Waals surface area contributed by atoms with Gasteiger partial charge in [0, 0.05) is 50.7 Å². The summed E-state index contributed by atoms with van der Waals surface area (Å²) < 4.78 is 5.16. The van der Waals surface area contributed by atoms with Crippen molar-refractivity contribution in [3.63, 3.8) is 0 Å². The van der Waals surface area contributed by atoms with E-state index in [1.165, 1.54) is 0 Å². The van der Waals surface area contributed by atoms with Gasteiger partial charge >= 0.3 is 0 Å². The average Bonchev–Trinajstić information content (AvgIpc) is 3.11. The van der Waals surface area contributed by atoms with Gasteiger partial charge in [0.2, 0.25) is 0 Å². The molecule has 1 saturated heterocycles. The molecule has 2 aromatic rings. The van der Waals surface area contributed by atoms with Crippen LogP contribution in [0.15, 0.2) is 30.3 Å². The Kier molecular flexibility index (Phi) is 5.15. The third kappa shape index (κ3) is 3.89. The summed E-state index contributed by atoms with van der Waals surface area (Å²) in [5.41, 5.74) is 2.72. The van der Waals surface area contributed by atoms with Crippen molar-refractivity contribution < 1.29 is 4.74 Å². The van der Waals surface area contributed by atoms with E-state index in [0.29, 0.717) is 18.2 Å². The second-order valence-corrected chi connectivity index (χ2v) is 6.38. The quantitative estimate of drug-likeness (QED) is 0.835. The lowest BCUT2D eigenvalue weighted by Gasteiger charge is -2.27. The van der Waals surface area contributed by atoms with Gasteiger partial charge in [0.25, 0.3) is 0 Å². The monoisotopic (exact) mass is 337 g/mol. The van der Waals surface area contributed by atoms with Crippen molar-refractivity contribution in [2.75, 3.05) is 37.0 Å². The van der Waals surface area contributed by atoms with Gasteiger partial charge in [-0.05, 0) is 31.5 Å². The number of benzene rings is 1. The Labute approximate surface area is 148 Å². The maximum absolute atomic E-state index is 9.09. The van der Waals surface area contributed by atoms with Crippen LogP contribution in [0.3, 0.4) is 0 Å². The Morgan fingerprint density at radius 3 is 2.96 bits per heavy atom. The van der Waals surface area contributed by atoms with Gasteiger partial charge in [-0.25, -0.2) is 9.97 Å². The maximum atomic E-state index is 9.09. The molecule has 1 aromatic heterocycles. The van der Waals surface area contributed by atoms with Crippen molar-refractivity contribution in [2.24, 2.45) is 0 Å². The molecule has 0 radical (unpaired) electrons. The molecule has 1 aliphatic heterocycles. The first kappa shape index (κ1) is 17.2. The number of aryl methyl sites for hydroxylation is 1. The standard InChI is InChI=1S/C19H23N5O/c1-14-9-19(22-18(21-14)13-25-3)24-8-7-17(12-24)23(2)16-6-4-5-15(10-16)11-20/h4-6,9-10,17H,7-8,12-13H2,1-3H3. The Bertz CT molecular complexity index is 786. The number of ether oxygens (including phenoxy) is 1. The normalized spacial score (nSPS) is 16.7. The number of aromatic nitrogens is 2. The van der Waals surface area contributed by atoms with Gasteiger partial charge in [-0.15, -0.1) is 0 Å². The smallest absolute Gasteiger partial charge is 0.156 e. The van der Waals surface area contributed by atoms with Crippen molar-refractivity contribution in [3.8, 4) is 6.07 Å². The summed E-state index contributed by atoms with van der Waals surface area (Å²) in [6.45, 7) is 4.26. The minimum absolute atomic E-state index is 0.384. The van der Waals surface area contributed by atoms with Crippen LogP contribution in [0, 0.1) is 18.3 Å². The van der Waals surface area contributed by atoms with Crippen molar-refractivity contribution in [1.82, 2.24) is 9.97 Å². The zero-order chi connectivity index (χ0) is 17.8. The van der Waals surface area contributed by atoms with E-state index in [4.69, 9.17) is 10.00 Å². The molecule has 1 aromatic carbocycles. The molecular formula is C19H23N5O. The summed E-state index contributed by atoms with van der Waals surface area (Å²) in [5, 5.41) is 9.09. The molecule has 25 heavy (non-hydrogen) atoms. The number of hydrogen-bond acceptors (Lipinski definition) is 6. The fourth-order valence-corrected chi connectivity index (χ4v) is 3.24. The summed E-state index contributed by atoms with van der Waals surface area (Å²) in [6, 6.07) is 12.4. The van der Waals surface area contributed by atoms with E-state index in [0.717, 1.165) is 42.5 Å². The van der Waals surface area contributed by atoms with Gasteiger partial charge in [0.05, 0.1) is 11.6 Å². The van der Waals surface area contributed by atoms with Crippen LogP contribution in [0.1, 0.15) is 23.5 Å². The number of hydrogen-bond donors (Lipinski definition) is 0. The minimum Gasteiger partial charge on any atom is -0.377 e. The molecule has 1 atom stereocenters. The molecule has 2 heterocycles. The highest BCUT2D eigenvalue weighted by Crippen LogP contribution is 2.25. The minimum atomic E-state index is 0.384. The Morgan fingerprint density at radius 2 is 2.20 bits per heavy atom. The van der Waals surface area contributed by atoms with Crippen molar-refractivity contribution in [1.29, 1.82) is 5.26 Å². The second kappa shape index (κ2) is 7.49. The highest BCUT2D eigenvalue weighted by molar-refractivity contribution is 5.53. The molecule has 0 aliphatic carbocycles. The predicted octanol–water partition coefficient (Wildman–Crippen LogP) is 2.52. The van der Waals surface area contributed by atoms with E-state index in [2.05, 4.69) is 39.0 Å². The highest BCUT2D eigenvalue weighted by atomic mass is 16.5. The number of likely N-dealkylation sites (N-methyl/N-ethyl adjacent to an activating group) is 1. The fraction of sp³-hybridized carbons (Fsp3) is 0.421. The van der Waals surface area contributed by atoms with E-state index in [9.17, 15) is 0 Å². The van der Waals surface area contributed by atoms with Crippen LogP contribution < -0.4 is 9.80 Å². The first-order valence-corrected chi connectivity index (χ1v) is 8.42. The lowest BCUT2D eigenvalue weighted by molar-refractivity contribution is 0.177. The van der Waals surface area contributed by atoms with Crippen molar-refractivity contribution in [2.45, 2.75) is 26.0 Å². The topological polar surface area (TPSA) is 65.3 Å². The zero-order valence-electron chi connectivity index (χ0n) is 14.9. The number of anilines is 2. The fourth-order valence-electron chi connectivity index (χ4n) is 3.24. The average molecular weight is 337 g/mol. The number of methoxy groups -OCH3 is 1. The van der Waals surface area contributed by atoms with Crippen molar-refractivity contribution in [3.05, 3.63) is 47.4 Å². The molecule has 1 fully saturated rings. The zero-order valence-corrected chi connectivity index (χ0v) is 14.9. The lowest BCUT2D eigenvalue weighted by Crippen LogP contribution is -2.34. The summed E-state index contributed by atoms with van der Waals surface area (Å²) in [5.74, 6) is 1.68. The first-order valence-electron chi connectivity index (χ1n) is 8.42. The molecular weight excluding hydrogens is 314 g/mol. The van der Waals surface area contributed by atoms with Gasteiger partial charge < -0.3 is 14.5 Å². The van der Waals surface area contributed by atoms with Crippen LogP contribution in [0.2, 0.25) is 0 Å². The molecule has 1 unspecified atom stereocenters. The predicted molar refractivity (Wildman–Crippen MR) is 97.7 cm³/mol. The van der Waals surface area contributed by atoms with Gasteiger partial charge in [0.15, 0.2) is 5.82 Å². The van der Waals surface area contributed by atoms with Gasteiger partial charge in [-0.3, -0.25) is 0 Å². The van der Waals surface area contributed by atoms with Gasteiger partial charge in [-0.2, -0.15) is 5.26 Å². The molecule has 0 saturated carbocycles. The van der Waals surface area contributed by atoms with Crippen LogP contribution in [-0.4, -0.2) is 43.3 Å². The molecule has 6 nitrogen and oxygen atoms in total. The third-order valence-corrected chi connectivity index (χ3v) is 4.58. The van der Waals surface area contributed by atoms with E-state index < -0.39 is 0 Å². The van der Waals surface area contributed by atoms with Crippen LogP contribution in [0.25, 0.3) is 0 Å². The van der Waals surface area contributed by atoms with E-state index in [-0.39, 0.29) is 0 Å². The Hall–Kier alpha value is -2.65. The van der Waals surface area contributed by atoms with Crippen LogP contribution >= 0.6 is 0 Å². The number of nitrogens with zero attached hydrogens (tertiary/aromatic N) is 5.